The second-order valence-corrected chi connectivity index (χ2v) is 4.60. The average Bonchev–Trinajstić information content (AvgIpc) is 2.40. The van der Waals surface area contributed by atoms with Crippen LogP contribution >= 0.6 is 11.6 Å². The summed E-state index contributed by atoms with van der Waals surface area (Å²) in [5.41, 5.74) is 0.945. The lowest BCUT2D eigenvalue weighted by Crippen LogP contribution is -2.39. The van der Waals surface area contributed by atoms with E-state index < -0.39 is 0 Å². The third kappa shape index (κ3) is 5.94. The van der Waals surface area contributed by atoms with Gasteiger partial charge in [-0.3, -0.25) is 4.79 Å². The number of hydrogen-bond acceptors (Lipinski definition) is 3. The first-order valence-electron chi connectivity index (χ1n) is 6.16. The Balaban J connectivity index is 2.48. The van der Waals surface area contributed by atoms with Gasteiger partial charge in [0.2, 0.25) is 5.91 Å². The molecule has 0 aliphatic heterocycles. The maximum Gasteiger partial charge on any atom is 0.224 e. The minimum absolute atomic E-state index is 0.0302. The SMILES string of the molecule is COCC(CCCl)NC(=O)Cc1ccc(OC)cc1. The highest BCUT2D eigenvalue weighted by molar-refractivity contribution is 6.17. The van der Waals surface area contributed by atoms with E-state index in [9.17, 15) is 4.79 Å². The van der Waals surface area contributed by atoms with Crippen molar-refractivity contribution in [2.45, 2.75) is 18.9 Å². The van der Waals surface area contributed by atoms with Gasteiger partial charge in [0.25, 0.3) is 0 Å². The van der Waals surface area contributed by atoms with Gasteiger partial charge in [0.1, 0.15) is 5.75 Å². The number of carbonyl (C=O) groups excluding carboxylic acids is 1. The summed E-state index contributed by atoms with van der Waals surface area (Å²) in [6.45, 7) is 0.473. The summed E-state index contributed by atoms with van der Waals surface area (Å²) in [4.78, 5) is 11.9. The Kier molecular flexibility index (Phi) is 7.30. The maximum absolute atomic E-state index is 11.9. The monoisotopic (exact) mass is 285 g/mol. The summed E-state index contributed by atoms with van der Waals surface area (Å²) < 4.78 is 10.1. The van der Waals surface area contributed by atoms with Crippen LogP contribution in [-0.2, 0) is 16.0 Å². The number of amides is 1. The van der Waals surface area contributed by atoms with Crippen molar-refractivity contribution in [3.05, 3.63) is 29.8 Å². The van der Waals surface area contributed by atoms with E-state index in [1.54, 1.807) is 14.2 Å². The zero-order valence-electron chi connectivity index (χ0n) is 11.3. The number of nitrogens with one attached hydrogen (secondary N) is 1. The van der Waals surface area contributed by atoms with E-state index in [1.165, 1.54) is 0 Å². The molecule has 5 heteroatoms. The Labute approximate surface area is 119 Å². The number of benzene rings is 1. The first kappa shape index (κ1) is 15.8. The molecule has 1 amide bonds. The Bertz CT molecular complexity index is 375. The molecule has 0 radical (unpaired) electrons. The fourth-order valence-electron chi connectivity index (χ4n) is 1.74. The fourth-order valence-corrected chi connectivity index (χ4v) is 2.00. The molecule has 19 heavy (non-hydrogen) atoms. The van der Waals surface area contributed by atoms with E-state index in [4.69, 9.17) is 21.1 Å². The van der Waals surface area contributed by atoms with Crippen LogP contribution in [0, 0.1) is 0 Å². The van der Waals surface area contributed by atoms with Crippen LogP contribution in [0.5, 0.6) is 5.75 Å². The number of methoxy groups -OCH3 is 2. The van der Waals surface area contributed by atoms with Crippen LogP contribution in [0.15, 0.2) is 24.3 Å². The van der Waals surface area contributed by atoms with Crippen molar-refractivity contribution in [3.63, 3.8) is 0 Å². The number of carbonyl (C=O) groups is 1. The molecule has 0 aliphatic rings. The smallest absolute Gasteiger partial charge is 0.224 e. The third-order valence-corrected chi connectivity index (χ3v) is 2.93. The van der Waals surface area contributed by atoms with Gasteiger partial charge in [-0.2, -0.15) is 0 Å². The number of alkyl halides is 1. The van der Waals surface area contributed by atoms with Crippen molar-refractivity contribution in [3.8, 4) is 5.75 Å². The summed E-state index contributed by atoms with van der Waals surface area (Å²) in [6.07, 6.45) is 1.04. The van der Waals surface area contributed by atoms with Crippen LogP contribution in [-0.4, -0.2) is 38.7 Å². The van der Waals surface area contributed by atoms with Crippen molar-refractivity contribution in [2.75, 3.05) is 26.7 Å². The van der Waals surface area contributed by atoms with Crippen molar-refractivity contribution in [1.82, 2.24) is 5.32 Å². The Morgan fingerprint density at radius 3 is 2.53 bits per heavy atom. The predicted octanol–water partition coefficient (Wildman–Crippen LogP) is 2.00. The summed E-state index contributed by atoms with van der Waals surface area (Å²) >= 11 is 5.69. The lowest BCUT2D eigenvalue weighted by atomic mass is 10.1. The van der Waals surface area contributed by atoms with Gasteiger partial charge in [-0.05, 0) is 24.1 Å². The van der Waals surface area contributed by atoms with E-state index in [-0.39, 0.29) is 11.9 Å². The van der Waals surface area contributed by atoms with E-state index in [0.29, 0.717) is 25.3 Å². The molecule has 0 saturated carbocycles. The lowest BCUT2D eigenvalue weighted by molar-refractivity contribution is -0.121. The van der Waals surface area contributed by atoms with Crippen LogP contribution < -0.4 is 10.1 Å². The zero-order valence-corrected chi connectivity index (χ0v) is 12.1. The van der Waals surface area contributed by atoms with Gasteiger partial charge in [-0.15, -0.1) is 11.6 Å². The Morgan fingerprint density at radius 1 is 1.32 bits per heavy atom. The van der Waals surface area contributed by atoms with Crippen LogP contribution in [0.2, 0.25) is 0 Å². The Hall–Kier alpha value is -1.26. The molecule has 0 aromatic heterocycles. The molecule has 0 aliphatic carbocycles. The highest BCUT2D eigenvalue weighted by Gasteiger charge is 2.12. The van der Waals surface area contributed by atoms with Crippen molar-refractivity contribution < 1.29 is 14.3 Å². The predicted molar refractivity (Wildman–Crippen MR) is 75.8 cm³/mol. The van der Waals surface area contributed by atoms with Crippen LogP contribution in [0.4, 0.5) is 0 Å². The minimum Gasteiger partial charge on any atom is -0.497 e. The first-order valence-corrected chi connectivity index (χ1v) is 6.70. The van der Waals surface area contributed by atoms with Crippen LogP contribution in [0.1, 0.15) is 12.0 Å². The molecule has 1 aromatic carbocycles. The van der Waals surface area contributed by atoms with E-state index in [2.05, 4.69) is 5.32 Å². The largest absolute Gasteiger partial charge is 0.497 e. The topological polar surface area (TPSA) is 47.6 Å². The lowest BCUT2D eigenvalue weighted by Gasteiger charge is -2.16. The molecule has 4 nitrogen and oxygen atoms in total. The third-order valence-electron chi connectivity index (χ3n) is 2.71. The van der Waals surface area contributed by atoms with Gasteiger partial charge in [-0.1, -0.05) is 12.1 Å². The van der Waals surface area contributed by atoms with Gasteiger partial charge < -0.3 is 14.8 Å². The maximum atomic E-state index is 11.9. The Morgan fingerprint density at radius 2 is 2.00 bits per heavy atom. The molecule has 1 rings (SSSR count). The molecule has 0 saturated heterocycles. The van der Waals surface area contributed by atoms with Crippen molar-refractivity contribution in [1.29, 1.82) is 0 Å². The van der Waals surface area contributed by atoms with Crippen LogP contribution in [0.25, 0.3) is 0 Å². The number of rotatable bonds is 8. The molecule has 0 spiro atoms. The average molecular weight is 286 g/mol. The van der Waals surface area contributed by atoms with Gasteiger partial charge in [0, 0.05) is 13.0 Å². The van der Waals surface area contributed by atoms with Crippen molar-refractivity contribution in [2.24, 2.45) is 0 Å². The number of hydrogen-bond donors (Lipinski definition) is 1. The standard InChI is InChI=1S/C14H20ClNO3/c1-18-10-12(7-8-15)16-14(17)9-11-3-5-13(19-2)6-4-11/h3-6,12H,7-10H2,1-2H3,(H,16,17). The quantitative estimate of drug-likeness (QED) is 0.743. The van der Waals surface area contributed by atoms with E-state index >= 15 is 0 Å². The molecular weight excluding hydrogens is 266 g/mol. The molecular formula is C14H20ClNO3. The summed E-state index contributed by atoms with van der Waals surface area (Å²) in [5.74, 6) is 1.25. The first-order chi connectivity index (χ1) is 9.19. The molecule has 1 atom stereocenters. The highest BCUT2D eigenvalue weighted by Crippen LogP contribution is 2.11. The summed E-state index contributed by atoms with van der Waals surface area (Å²) in [5, 5.41) is 2.92. The molecule has 0 bridgehead atoms. The molecule has 0 heterocycles. The van der Waals surface area contributed by atoms with Gasteiger partial charge in [0.05, 0.1) is 26.2 Å². The zero-order chi connectivity index (χ0) is 14.1. The van der Waals surface area contributed by atoms with Gasteiger partial charge >= 0.3 is 0 Å². The van der Waals surface area contributed by atoms with E-state index in [0.717, 1.165) is 11.3 Å². The minimum atomic E-state index is -0.0340. The van der Waals surface area contributed by atoms with Crippen LogP contribution in [0.3, 0.4) is 0 Å². The summed E-state index contributed by atoms with van der Waals surface area (Å²) in [6, 6.07) is 7.41. The van der Waals surface area contributed by atoms with Gasteiger partial charge in [0.15, 0.2) is 0 Å². The molecule has 1 N–H and O–H groups in total. The van der Waals surface area contributed by atoms with Crippen molar-refractivity contribution >= 4 is 17.5 Å². The molecule has 106 valence electrons. The van der Waals surface area contributed by atoms with Gasteiger partial charge in [-0.25, -0.2) is 0 Å². The summed E-state index contributed by atoms with van der Waals surface area (Å²) in [7, 11) is 3.22. The number of ether oxygens (including phenoxy) is 2. The van der Waals surface area contributed by atoms with E-state index in [1.807, 2.05) is 24.3 Å². The number of halogens is 1. The molecule has 1 aromatic rings. The molecule has 1 unspecified atom stereocenters. The highest BCUT2D eigenvalue weighted by atomic mass is 35.5. The normalized spacial score (nSPS) is 11.9. The second kappa shape index (κ2) is 8.77. The molecule has 0 fully saturated rings. The fraction of sp³-hybridized carbons (Fsp3) is 0.500. The second-order valence-electron chi connectivity index (χ2n) is 4.22.